The number of amides is 1. The van der Waals surface area contributed by atoms with E-state index in [0.717, 1.165) is 17.7 Å². The highest BCUT2D eigenvalue weighted by Gasteiger charge is 2.31. The van der Waals surface area contributed by atoms with E-state index in [-0.39, 0.29) is 6.61 Å². The number of hydrogen-bond donors (Lipinski definition) is 2. The van der Waals surface area contributed by atoms with Crippen molar-refractivity contribution in [3.05, 3.63) is 21.9 Å². The third kappa shape index (κ3) is 10.8. The van der Waals surface area contributed by atoms with Crippen LogP contribution in [0.4, 0.5) is 0 Å². The zero-order valence-electron chi connectivity index (χ0n) is 18.7. The molecule has 1 aromatic rings. The lowest BCUT2D eigenvalue weighted by Crippen LogP contribution is -2.44. The van der Waals surface area contributed by atoms with Crippen LogP contribution in [0.1, 0.15) is 101 Å². The Morgan fingerprint density at radius 1 is 1.07 bits per heavy atom. The molecule has 6 heteroatoms. The molecule has 2 unspecified atom stereocenters. The molecular formula is C24H37NO4S. The first-order chi connectivity index (χ1) is 14.5. The highest BCUT2D eigenvalue weighted by Crippen LogP contribution is 2.26. The summed E-state index contributed by atoms with van der Waals surface area (Å²) in [6.45, 7) is 5.41. The van der Waals surface area contributed by atoms with Crippen LogP contribution in [0.25, 0.3) is 0 Å². The van der Waals surface area contributed by atoms with E-state index in [4.69, 9.17) is 4.74 Å². The van der Waals surface area contributed by atoms with E-state index in [2.05, 4.69) is 24.1 Å². The Morgan fingerprint density at radius 3 is 2.30 bits per heavy atom. The molecule has 0 saturated carbocycles. The number of aliphatic hydroxyl groups is 1. The first-order valence-corrected chi connectivity index (χ1v) is 12.0. The summed E-state index contributed by atoms with van der Waals surface area (Å²) in [7, 11) is 0. The van der Waals surface area contributed by atoms with Crippen molar-refractivity contribution >= 4 is 23.2 Å². The molecule has 0 saturated heterocycles. The molecule has 0 bridgehead atoms. The first kappa shape index (κ1) is 26.2. The van der Waals surface area contributed by atoms with E-state index in [1.54, 1.807) is 13.0 Å². The molecular weight excluding hydrogens is 398 g/mol. The summed E-state index contributed by atoms with van der Waals surface area (Å²) in [6.07, 6.45) is 11.3. The summed E-state index contributed by atoms with van der Waals surface area (Å²) < 4.78 is 4.96. The lowest BCUT2D eigenvalue weighted by atomic mass is 10.1. The highest BCUT2D eigenvalue weighted by molar-refractivity contribution is 7.12. The molecule has 5 nitrogen and oxygen atoms in total. The van der Waals surface area contributed by atoms with Crippen LogP contribution in [0.5, 0.6) is 0 Å². The third-order valence-corrected chi connectivity index (χ3v) is 5.82. The first-order valence-electron chi connectivity index (χ1n) is 11.2. The van der Waals surface area contributed by atoms with Crippen molar-refractivity contribution in [1.82, 2.24) is 5.32 Å². The Kier molecular flexibility index (Phi) is 13.9. The van der Waals surface area contributed by atoms with Crippen molar-refractivity contribution in [1.29, 1.82) is 0 Å². The summed E-state index contributed by atoms with van der Waals surface area (Å²) in [6, 6.07) is 2.46. The van der Waals surface area contributed by atoms with E-state index in [9.17, 15) is 14.7 Å². The fraction of sp³-hybridized carbons (Fsp3) is 0.667. The van der Waals surface area contributed by atoms with E-state index in [1.165, 1.54) is 69.6 Å². The summed E-state index contributed by atoms with van der Waals surface area (Å²) in [5.41, 5.74) is 0. The zero-order chi connectivity index (χ0) is 22.2. The molecule has 0 fully saturated rings. The summed E-state index contributed by atoms with van der Waals surface area (Å²) in [5, 5.41) is 13.0. The molecule has 0 spiro atoms. The van der Waals surface area contributed by atoms with Gasteiger partial charge in [-0.15, -0.1) is 11.3 Å². The van der Waals surface area contributed by atoms with Crippen LogP contribution in [-0.4, -0.2) is 29.6 Å². The number of ether oxygens (including phenoxy) is 1. The number of nitrogens with one attached hydrogen (secondary N) is 1. The summed E-state index contributed by atoms with van der Waals surface area (Å²) in [4.78, 5) is 24.9. The molecule has 168 valence electrons. The number of hydrogen-bond acceptors (Lipinski definition) is 5. The van der Waals surface area contributed by atoms with Crippen molar-refractivity contribution in [2.75, 3.05) is 6.61 Å². The molecule has 1 aromatic heterocycles. The molecule has 1 heterocycles. The van der Waals surface area contributed by atoms with E-state index in [1.807, 2.05) is 6.07 Å². The topological polar surface area (TPSA) is 75.6 Å². The minimum Gasteiger partial charge on any atom is -0.464 e. The average molecular weight is 436 g/mol. The van der Waals surface area contributed by atoms with Crippen LogP contribution < -0.4 is 5.32 Å². The maximum Gasteiger partial charge on any atom is 0.331 e. The zero-order valence-corrected chi connectivity index (χ0v) is 19.5. The fourth-order valence-corrected chi connectivity index (χ4v) is 4.04. The van der Waals surface area contributed by atoms with Gasteiger partial charge in [-0.25, -0.2) is 4.79 Å². The number of esters is 1. The SMILES string of the molecule is CCCCCCCCCCCC#Cc1ccc(C(O)C(NC(C)=O)C(=O)OCC)s1. The van der Waals surface area contributed by atoms with Crippen molar-refractivity contribution < 1.29 is 19.4 Å². The molecule has 30 heavy (non-hydrogen) atoms. The van der Waals surface area contributed by atoms with Crippen molar-refractivity contribution in [2.45, 2.75) is 97.1 Å². The quantitative estimate of drug-likeness (QED) is 0.242. The van der Waals surface area contributed by atoms with Crippen molar-refractivity contribution in [3.63, 3.8) is 0 Å². The Hall–Kier alpha value is -1.84. The van der Waals surface area contributed by atoms with Crippen LogP contribution in [-0.2, 0) is 14.3 Å². The minimum absolute atomic E-state index is 0.182. The van der Waals surface area contributed by atoms with Crippen LogP contribution in [0.15, 0.2) is 12.1 Å². The van der Waals surface area contributed by atoms with Gasteiger partial charge in [-0.3, -0.25) is 4.79 Å². The number of aliphatic hydroxyl groups excluding tert-OH is 1. The van der Waals surface area contributed by atoms with Gasteiger partial charge in [-0.05, 0) is 25.5 Å². The molecule has 0 aliphatic rings. The number of carbonyl (C=O) groups excluding carboxylic acids is 2. The second-order valence-electron chi connectivity index (χ2n) is 7.46. The number of unbranched alkanes of at least 4 members (excludes halogenated alkanes) is 9. The van der Waals surface area contributed by atoms with Gasteiger partial charge >= 0.3 is 5.97 Å². The number of thiophene rings is 1. The molecule has 1 amide bonds. The molecule has 0 aliphatic heterocycles. The number of carbonyl (C=O) groups is 2. The molecule has 0 aromatic carbocycles. The summed E-state index contributed by atoms with van der Waals surface area (Å²) in [5.74, 6) is 5.28. The Labute approximate surface area is 185 Å². The van der Waals surface area contributed by atoms with Gasteiger partial charge in [0.15, 0.2) is 6.04 Å². The molecule has 2 N–H and O–H groups in total. The number of rotatable bonds is 14. The van der Waals surface area contributed by atoms with Crippen LogP contribution in [0.2, 0.25) is 0 Å². The molecule has 0 radical (unpaired) electrons. The van der Waals surface area contributed by atoms with Gasteiger partial charge < -0.3 is 15.2 Å². The van der Waals surface area contributed by atoms with E-state index < -0.39 is 24.0 Å². The molecule has 0 aliphatic carbocycles. The van der Waals surface area contributed by atoms with Crippen LogP contribution in [0.3, 0.4) is 0 Å². The maximum absolute atomic E-state index is 12.1. The van der Waals surface area contributed by atoms with Crippen molar-refractivity contribution in [2.24, 2.45) is 0 Å². The van der Waals surface area contributed by atoms with Gasteiger partial charge in [0, 0.05) is 18.2 Å². The van der Waals surface area contributed by atoms with E-state index >= 15 is 0 Å². The van der Waals surface area contributed by atoms with Gasteiger partial charge in [0.25, 0.3) is 0 Å². The smallest absolute Gasteiger partial charge is 0.331 e. The highest BCUT2D eigenvalue weighted by atomic mass is 32.1. The van der Waals surface area contributed by atoms with Gasteiger partial charge in [-0.2, -0.15) is 0 Å². The van der Waals surface area contributed by atoms with Gasteiger partial charge in [0.2, 0.25) is 5.91 Å². The van der Waals surface area contributed by atoms with Crippen molar-refractivity contribution in [3.8, 4) is 11.8 Å². The lowest BCUT2D eigenvalue weighted by Gasteiger charge is -2.20. The van der Waals surface area contributed by atoms with Crippen LogP contribution in [0, 0.1) is 11.8 Å². The normalized spacial score (nSPS) is 12.5. The van der Waals surface area contributed by atoms with Crippen LogP contribution >= 0.6 is 11.3 Å². The molecule has 2 atom stereocenters. The standard InChI is InChI=1S/C24H37NO4S/c1-4-6-7-8-9-10-11-12-13-14-15-16-20-17-18-21(30-20)23(27)22(25-19(3)26)24(28)29-5-2/h17-18,22-23,27H,4-14H2,1-3H3,(H,25,26). The molecule has 1 rings (SSSR count). The van der Waals surface area contributed by atoms with E-state index in [0.29, 0.717) is 4.88 Å². The monoisotopic (exact) mass is 435 g/mol. The minimum atomic E-state index is -1.16. The lowest BCUT2D eigenvalue weighted by molar-refractivity contribution is -0.150. The Morgan fingerprint density at radius 2 is 1.70 bits per heavy atom. The predicted octanol–water partition coefficient (Wildman–Crippen LogP) is 5.12. The Bertz CT molecular complexity index is 689. The maximum atomic E-state index is 12.1. The average Bonchev–Trinajstić information content (AvgIpc) is 3.18. The second kappa shape index (κ2) is 15.9. The second-order valence-corrected chi connectivity index (χ2v) is 8.57. The fourth-order valence-electron chi connectivity index (χ4n) is 3.13. The van der Waals surface area contributed by atoms with Gasteiger partial charge in [0.05, 0.1) is 11.5 Å². The van der Waals surface area contributed by atoms with Gasteiger partial charge in [-0.1, -0.05) is 70.1 Å². The third-order valence-electron chi connectivity index (χ3n) is 4.75. The Balaban J connectivity index is 2.42. The predicted molar refractivity (Wildman–Crippen MR) is 122 cm³/mol. The van der Waals surface area contributed by atoms with Gasteiger partial charge in [0.1, 0.15) is 6.10 Å². The summed E-state index contributed by atoms with van der Waals surface area (Å²) >= 11 is 1.33. The largest absolute Gasteiger partial charge is 0.464 e.